The maximum atomic E-state index is 12.3. The number of anilines is 1. The summed E-state index contributed by atoms with van der Waals surface area (Å²) in [5.74, 6) is 1.28. The molecule has 0 bridgehead atoms. The number of methoxy groups -OCH3 is 1. The topological polar surface area (TPSA) is 87.5 Å². The lowest BCUT2D eigenvalue weighted by Crippen LogP contribution is -2.36. The molecule has 1 N–H and O–H groups in total. The fourth-order valence-electron chi connectivity index (χ4n) is 3.17. The molecule has 2 heterocycles. The van der Waals surface area contributed by atoms with E-state index in [4.69, 9.17) is 9.47 Å². The van der Waals surface area contributed by atoms with Crippen molar-refractivity contribution in [2.24, 2.45) is 0 Å². The average Bonchev–Trinajstić information content (AvgIpc) is 3.08. The van der Waals surface area contributed by atoms with Gasteiger partial charge in [0, 0.05) is 19.1 Å². The van der Waals surface area contributed by atoms with Gasteiger partial charge in [0.1, 0.15) is 28.9 Å². The molecule has 7 nitrogen and oxygen atoms in total. The lowest BCUT2D eigenvalue weighted by molar-refractivity contribution is 0.0293. The van der Waals surface area contributed by atoms with E-state index in [1.165, 1.54) is 0 Å². The Morgan fingerprint density at radius 3 is 2.85 bits per heavy atom. The molecule has 1 fully saturated rings. The molecule has 1 aromatic carbocycles. The second-order valence-corrected chi connectivity index (χ2v) is 7.58. The van der Waals surface area contributed by atoms with Crippen molar-refractivity contribution in [3.63, 3.8) is 0 Å². The Morgan fingerprint density at radius 1 is 1.41 bits per heavy atom. The van der Waals surface area contributed by atoms with Gasteiger partial charge in [-0.3, -0.25) is 0 Å². The minimum absolute atomic E-state index is 0.0204. The maximum absolute atomic E-state index is 12.3. The number of nitriles is 1. The molecule has 142 valence electrons. The second kappa shape index (κ2) is 7.31. The van der Waals surface area contributed by atoms with Crippen LogP contribution in [0.5, 0.6) is 5.75 Å². The van der Waals surface area contributed by atoms with E-state index in [-0.39, 0.29) is 12.1 Å². The summed E-state index contributed by atoms with van der Waals surface area (Å²) in [6, 6.07) is 9.53. The monoisotopic (exact) mass is 368 g/mol. The largest absolute Gasteiger partial charge is 0.496 e. The molecule has 1 saturated heterocycles. The van der Waals surface area contributed by atoms with Crippen LogP contribution in [0.1, 0.15) is 32.9 Å². The van der Waals surface area contributed by atoms with Crippen LogP contribution in [0.4, 0.5) is 10.6 Å². The average molecular weight is 368 g/mol. The first-order valence-corrected chi connectivity index (χ1v) is 8.93. The summed E-state index contributed by atoms with van der Waals surface area (Å²) in [6.07, 6.45) is 0.460. The van der Waals surface area contributed by atoms with Crippen LogP contribution >= 0.6 is 0 Å². The molecule has 3 rings (SSSR count). The highest BCUT2D eigenvalue weighted by molar-refractivity contribution is 5.97. The predicted molar refractivity (Wildman–Crippen MR) is 103 cm³/mol. The van der Waals surface area contributed by atoms with E-state index >= 15 is 0 Å². The van der Waals surface area contributed by atoms with Crippen molar-refractivity contribution in [2.45, 2.75) is 38.8 Å². The Balaban J connectivity index is 1.83. The highest BCUT2D eigenvalue weighted by Gasteiger charge is 2.30. The van der Waals surface area contributed by atoms with Crippen LogP contribution in [-0.2, 0) is 4.74 Å². The number of ether oxygens (including phenoxy) is 2. The zero-order chi connectivity index (χ0) is 19.6. The van der Waals surface area contributed by atoms with Gasteiger partial charge in [-0.15, -0.1) is 0 Å². The number of hydrogen-bond donors (Lipinski definition) is 1. The number of likely N-dealkylation sites (tertiary alicyclic amines) is 1. The molecule has 2 aromatic rings. The summed E-state index contributed by atoms with van der Waals surface area (Å²) in [4.78, 5) is 18.4. The minimum Gasteiger partial charge on any atom is -0.496 e. The van der Waals surface area contributed by atoms with Crippen molar-refractivity contribution < 1.29 is 14.3 Å². The lowest BCUT2D eigenvalue weighted by atomic mass is 10.1. The maximum Gasteiger partial charge on any atom is 0.410 e. The van der Waals surface area contributed by atoms with Gasteiger partial charge in [0.25, 0.3) is 0 Å². The summed E-state index contributed by atoms with van der Waals surface area (Å²) in [5, 5.41) is 14.4. The van der Waals surface area contributed by atoms with Crippen molar-refractivity contribution in [1.29, 1.82) is 5.26 Å². The number of rotatable bonds is 3. The highest BCUT2D eigenvalue weighted by atomic mass is 16.6. The SMILES string of the molecule is COc1cccc2cc(C#N)nc(N[C@H]3CCN(C(=O)OC(C)(C)C)C3)c12. The molecular formula is C20H24N4O3. The van der Waals surface area contributed by atoms with Crippen molar-refractivity contribution >= 4 is 22.7 Å². The van der Waals surface area contributed by atoms with Gasteiger partial charge >= 0.3 is 6.09 Å². The first-order valence-electron chi connectivity index (χ1n) is 8.93. The highest BCUT2D eigenvalue weighted by Crippen LogP contribution is 2.32. The Kier molecular flexibility index (Phi) is 5.08. The number of carbonyl (C=O) groups excluding carboxylic acids is 1. The van der Waals surface area contributed by atoms with E-state index in [9.17, 15) is 10.1 Å². The lowest BCUT2D eigenvalue weighted by Gasteiger charge is -2.24. The number of nitrogens with zero attached hydrogens (tertiary/aromatic N) is 3. The third-order valence-electron chi connectivity index (χ3n) is 4.33. The van der Waals surface area contributed by atoms with E-state index in [1.54, 1.807) is 18.1 Å². The molecule has 0 unspecified atom stereocenters. The van der Waals surface area contributed by atoms with Crippen LogP contribution in [0.15, 0.2) is 24.3 Å². The molecule has 1 atom stereocenters. The number of nitrogens with one attached hydrogen (secondary N) is 1. The molecule has 7 heteroatoms. The quantitative estimate of drug-likeness (QED) is 0.892. The van der Waals surface area contributed by atoms with Crippen molar-refractivity contribution in [1.82, 2.24) is 9.88 Å². The standard InChI is InChI=1S/C20H24N4O3/c1-20(2,3)27-19(25)24-9-8-14(12-24)22-18-17-13(10-15(11-21)23-18)6-5-7-16(17)26-4/h5-7,10,14H,8-9,12H2,1-4H3,(H,22,23)/t14-/m0/s1. The minimum atomic E-state index is -0.519. The summed E-state index contributed by atoms with van der Waals surface area (Å²) >= 11 is 0. The molecule has 0 aliphatic carbocycles. The van der Waals surface area contributed by atoms with Gasteiger partial charge in [-0.2, -0.15) is 5.26 Å². The Hall–Kier alpha value is -3.01. The number of hydrogen-bond acceptors (Lipinski definition) is 6. The fourth-order valence-corrected chi connectivity index (χ4v) is 3.17. The summed E-state index contributed by atoms with van der Waals surface area (Å²) in [7, 11) is 1.61. The summed E-state index contributed by atoms with van der Waals surface area (Å²) in [6.45, 7) is 6.69. The summed E-state index contributed by atoms with van der Waals surface area (Å²) in [5.41, 5.74) is -0.185. The Labute approximate surface area is 158 Å². The third-order valence-corrected chi connectivity index (χ3v) is 4.33. The van der Waals surface area contributed by atoms with Gasteiger partial charge in [-0.05, 0) is 44.7 Å². The van der Waals surface area contributed by atoms with Gasteiger partial charge in [-0.1, -0.05) is 12.1 Å². The van der Waals surface area contributed by atoms with Crippen LogP contribution in [0.2, 0.25) is 0 Å². The number of carbonyl (C=O) groups is 1. The predicted octanol–water partition coefficient (Wildman–Crippen LogP) is 3.54. The van der Waals surface area contributed by atoms with Gasteiger partial charge in [0.2, 0.25) is 0 Å². The van der Waals surface area contributed by atoms with Crippen LogP contribution in [-0.4, -0.2) is 47.8 Å². The number of benzene rings is 1. The first kappa shape index (κ1) is 18.8. The molecule has 0 saturated carbocycles. The molecule has 1 aromatic heterocycles. The van der Waals surface area contributed by atoms with Crippen molar-refractivity contribution in [3.05, 3.63) is 30.0 Å². The molecular weight excluding hydrogens is 344 g/mol. The number of fused-ring (bicyclic) bond motifs is 1. The Morgan fingerprint density at radius 2 is 2.19 bits per heavy atom. The molecule has 1 aliphatic heterocycles. The van der Waals surface area contributed by atoms with Crippen molar-refractivity contribution in [3.8, 4) is 11.8 Å². The molecule has 0 spiro atoms. The van der Waals surface area contributed by atoms with Gasteiger partial charge < -0.3 is 19.7 Å². The number of pyridine rings is 1. The first-order chi connectivity index (χ1) is 12.8. The zero-order valence-corrected chi connectivity index (χ0v) is 16.1. The second-order valence-electron chi connectivity index (χ2n) is 7.58. The van der Waals surface area contributed by atoms with Crippen molar-refractivity contribution in [2.75, 3.05) is 25.5 Å². The Bertz CT molecular complexity index is 898. The number of amides is 1. The van der Waals surface area contributed by atoms with Crippen LogP contribution in [0.3, 0.4) is 0 Å². The van der Waals surface area contributed by atoms with Gasteiger partial charge in [0.05, 0.1) is 12.5 Å². The molecule has 1 amide bonds. The third kappa shape index (κ3) is 4.22. The van der Waals surface area contributed by atoms with Crippen LogP contribution in [0, 0.1) is 11.3 Å². The van der Waals surface area contributed by atoms with E-state index in [0.29, 0.717) is 30.4 Å². The summed E-state index contributed by atoms with van der Waals surface area (Å²) < 4.78 is 10.9. The molecule has 27 heavy (non-hydrogen) atoms. The zero-order valence-electron chi connectivity index (χ0n) is 16.1. The van der Waals surface area contributed by atoms with Crippen LogP contribution in [0.25, 0.3) is 10.8 Å². The van der Waals surface area contributed by atoms with Crippen LogP contribution < -0.4 is 10.1 Å². The van der Waals surface area contributed by atoms with E-state index in [2.05, 4.69) is 16.4 Å². The van der Waals surface area contributed by atoms with E-state index in [1.807, 2.05) is 39.0 Å². The molecule has 0 radical (unpaired) electrons. The van der Waals surface area contributed by atoms with Gasteiger partial charge in [-0.25, -0.2) is 9.78 Å². The molecule has 1 aliphatic rings. The van der Waals surface area contributed by atoms with E-state index in [0.717, 1.165) is 17.2 Å². The van der Waals surface area contributed by atoms with Gasteiger partial charge in [0.15, 0.2) is 0 Å². The van der Waals surface area contributed by atoms with E-state index < -0.39 is 5.60 Å². The smallest absolute Gasteiger partial charge is 0.410 e. The normalized spacial score (nSPS) is 16.9. The fraction of sp³-hybridized carbons (Fsp3) is 0.450. The number of aromatic nitrogens is 1.